The van der Waals surface area contributed by atoms with Crippen LogP contribution in [0.15, 0.2) is 72.5 Å². The zero-order valence-electron chi connectivity index (χ0n) is 23.7. The summed E-state index contributed by atoms with van der Waals surface area (Å²) >= 11 is 0. The molecule has 0 aliphatic carbocycles. The molecule has 10 nitrogen and oxygen atoms in total. The van der Waals surface area contributed by atoms with Crippen LogP contribution in [0.2, 0.25) is 0 Å². The molecule has 0 amide bonds. The van der Waals surface area contributed by atoms with E-state index in [1.807, 2.05) is 39.8 Å². The van der Waals surface area contributed by atoms with Crippen LogP contribution in [0.25, 0.3) is 0 Å². The van der Waals surface area contributed by atoms with E-state index in [0.717, 1.165) is 11.1 Å². The molecule has 0 radical (unpaired) electrons. The summed E-state index contributed by atoms with van der Waals surface area (Å²) in [5.74, 6) is -0.225. The van der Waals surface area contributed by atoms with Gasteiger partial charge in [-0.25, -0.2) is 16.8 Å². The number of methoxy groups -OCH3 is 2. The molecule has 2 aromatic carbocycles. The van der Waals surface area contributed by atoms with E-state index in [4.69, 9.17) is 9.47 Å². The van der Waals surface area contributed by atoms with E-state index < -0.39 is 42.8 Å². The van der Waals surface area contributed by atoms with Crippen molar-refractivity contribution in [2.45, 2.75) is 38.5 Å². The molecule has 2 aromatic rings. The highest BCUT2D eigenvalue weighted by Crippen LogP contribution is 2.49. The smallest absolute Gasteiger partial charge is 0.237 e. The van der Waals surface area contributed by atoms with Crippen molar-refractivity contribution in [3.05, 3.63) is 83.6 Å². The minimum absolute atomic E-state index is 0.608. The number of hydrogen-bond acceptors (Lipinski definition) is 9. The number of benzene rings is 2. The van der Waals surface area contributed by atoms with Crippen LogP contribution in [-0.2, 0) is 31.1 Å². The summed E-state index contributed by atoms with van der Waals surface area (Å²) in [6.07, 6.45) is 8.63. The second-order valence-corrected chi connectivity index (χ2v) is 13.7. The van der Waals surface area contributed by atoms with E-state index in [1.165, 1.54) is 9.48 Å². The summed E-state index contributed by atoms with van der Waals surface area (Å²) < 4.78 is 82.8. The normalized spacial score (nSPS) is 18.9. The first-order valence-corrected chi connectivity index (χ1v) is 15.9. The van der Waals surface area contributed by atoms with Crippen LogP contribution in [0.5, 0.6) is 11.5 Å². The SMILES string of the molecule is COc1ccc2c(c1)C(C)(C)C(=CC=CC=CC1=[N+](CS(=O)(=O)[O-])c3ccc(OC)cc3C1(C)C)N2CS(=O)(=O)[O-]. The van der Waals surface area contributed by atoms with Gasteiger partial charge in [-0.05, 0) is 55.8 Å². The summed E-state index contributed by atoms with van der Waals surface area (Å²) in [5.41, 5.74) is 2.81. The molecule has 0 aromatic heterocycles. The molecule has 0 fully saturated rings. The van der Waals surface area contributed by atoms with Gasteiger partial charge in [0, 0.05) is 34.5 Å². The molecule has 0 unspecified atom stereocenters. The van der Waals surface area contributed by atoms with Gasteiger partial charge in [0.1, 0.15) is 27.5 Å². The summed E-state index contributed by atoms with van der Waals surface area (Å²) in [4.78, 5) is 1.49. The molecule has 0 atom stereocenters. The highest BCUT2D eigenvalue weighted by atomic mass is 32.2. The Hall–Kier alpha value is -3.45. The fourth-order valence-corrected chi connectivity index (χ4v) is 6.70. The molecule has 0 saturated carbocycles. The number of allylic oxidation sites excluding steroid dienone is 6. The van der Waals surface area contributed by atoms with Gasteiger partial charge in [0.25, 0.3) is 0 Å². The van der Waals surface area contributed by atoms with Crippen LogP contribution in [0.3, 0.4) is 0 Å². The molecule has 0 spiro atoms. The van der Waals surface area contributed by atoms with Crippen LogP contribution >= 0.6 is 0 Å². The van der Waals surface area contributed by atoms with E-state index in [0.29, 0.717) is 34.3 Å². The van der Waals surface area contributed by atoms with Crippen molar-refractivity contribution in [1.82, 2.24) is 0 Å². The maximum Gasteiger partial charge on any atom is 0.237 e. The maximum atomic E-state index is 11.8. The Bertz CT molecular complexity index is 1720. The average Bonchev–Trinajstić information content (AvgIpc) is 3.20. The largest absolute Gasteiger partial charge is 0.747 e. The van der Waals surface area contributed by atoms with Crippen LogP contribution in [0, 0.1) is 0 Å². The standard InChI is InChI=1S/C29H34N2O8S2/c1-28(2)22-16-20(38-5)12-14-24(22)30(18-40(32,33)34)26(28)10-8-7-9-11-27-29(3,4)23-17-21(39-6)13-15-25(23)31(27)19-41(35,36)37/h7-17H,18-19H2,1-6H3,(H-,32,33,34,35,36,37)/p-1. The molecule has 0 N–H and O–H groups in total. The van der Waals surface area contributed by atoms with Crippen LogP contribution in [0.4, 0.5) is 11.4 Å². The Morgan fingerprint density at radius 3 is 2.02 bits per heavy atom. The minimum atomic E-state index is -4.59. The van der Waals surface area contributed by atoms with Crippen LogP contribution < -0.4 is 14.4 Å². The van der Waals surface area contributed by atoms with Gasteiger partial charge >= 0.3 is 0 Å². The lowest BCUT2D eigenvalue weighted by Crippen LogP contribution is -2.30. The topological polar surface area (TPSA) is 139 Å². The van der Waals surface area contributed by atoms with E-state index in [9.17, 15) is 25.9 Å². The molecule has 4 rings (SSSR count). The van der Waals surface area contributed by atoms with E-state index in [1.54, 1.807) is 68.9 Å². The predicted octanol–water partition coefficient (Wildman–Crippen LogP) is 3.88. The van der Waals surface area contributed by atoms with Crippen molar-refractivity contribution in [2.75, 3.05) is 30.9 Å². The molecular formula is C29H33N2O8S2-. The second-order valence-electron chi connectivity index (χ2n) is 10.9. The number of ether oxygens (including phenoxy) is 2. The van der Waals surface area contributed by atoms with E-state index in [-0.39, 0.29) is 0 Å². The molecule has 220 valence electrons. The van der Waals surface area contributed by atoms with Crippen LogP contribution in [-0.4, -0.2) is 62.2 Å². The molecule has 0 saturated heterocycles. The van der Waals surface area contributed by atoms with Gasteiger partial charge in [0.05, 0.1) is 19.6 Å². The zero-order chi connectivity index (χ0) is 30.4. The Morgan fingerprint density at radius 2 is 1.44 bits per heavy atom. The monoisotopic (exact) mass is 601 g/mol. The van der Waals surface area contributed by atoms with Gasteiger partial charge in [0.15, 0.2) is 15.8 Å². The lowest BCUT2D eigenvalue weighted by Gasteiger charge is -2.27. The van der Waals surface area contributed by atoms with E-state index >= 15 is 0 Å². The van der Waals surface area contributed by atoms with Crippen molar-refractivity contribution < 1.29 is 40.0 Å². The van der Waals surface area contributed by atoms with Crippen molar-refractivity contribution in [3.8, 4) is 11.5 Å². The zero-order valence-corrected chi connectivity index (χ0v) is 25.4. The highest BCUT2D eigenvalue weighted by Gasteiger charge is 2.45. The summed E-state index contributed by atoms with van der Waals surface area (Å²) in [6.45, 7) is 7.73. The fraction of sp³-hybridized carbons (Fsp3) is 0.345. The fourth-order valence-electron chi connectivity index (χ4n) is 5.52. The number of rotatable bonds is 9. The van der Waals surface area contributed by atoms with Crippen LogP contribution in [0.1, 0.15) is 38.8 Å². The number of hydrogen-bond donors (Lipinski definition) is 0. The molecule has 12 heteroatoms. The van der Waals surface area contributed by atoms with Gasteiger partial charge in [-0.3, -0.25) is 0 Å². The van der Waals surface area contributed by atoms with Gasteiger partial charge in [0.2, 0.25) is 11.6 Å². The van der Waals surface area contributed by atoms with E-state index in [2.05, 4.69) is 0 Å². The summed E-state index contributed by atoms with van der Waals surface area (Å²) in [6, 6.07) is 10.5. The Kier molecular flexibility index (Phi) is 8.00. The molecule has 2 aliphatic rings. The number of nitrogens with zero attached hydrogens (tertiary/aromatic N) is 2. The maximum absolute atomic E-state index is 11.8. The van der Waals surface area contributed by atoms with Crippen molar-refractivity contribution >= 4 is 37.3 Å². The molecule has 2 heterocycles. The number of anilines is 1. The third-order valence-electron chi connectivity index (χ3n) is 7.50. The van der Waals surface area contributed by atoms with Gasteiger partial charge < -0.3 is 23.5 Å². The Labute approximate surface area is 241 Å². The van der Waals surface area contributed by atoms with Gasteiger partial charge in [-0.1, -0.05) is 32.1 Å². The highest BCUT2D eigenvalue weighted by molar-refractivity contribution is 7.85. The summed E-state index contributed by atoms with van der Waals surface area (Å²) in [5, 5.41) is 0. The number of fused-ring (bicyclic) bond motifs is 2. The Balaban J connectivity index is 1.71. The predicted molar refractivity (Wildman–Crippen MR) is 155 cm³/mol. The minimum Gasteiger partial charge on any atom is -0.747 e. The molecule has 2 aliphatic heterocycles. The lowest BCUT2D eigenvalue weighted by atomic mass is 9.81. The molecule has 0 bridgehead atoms. The Morgan fingerprint density at radius 1 is 0.829 bits per heavy atom. The van der Waals surface area contributed by atoms with Gasteiger partial charge in [-0.15, -0.1) is 0 Å². The second kappa shape index (κ2) is 10.8. The van der Waals surface area contributed by atoms with Crippen molar-refractivity contribution in [3.63, 3.8) is 0 Å². The third-order valence-corrected chi connectivity index (χ3v) is 8.65. The molecular weight excluding hydrogens is 568 g/mol. The van der Waals surface area contributed by atoms with Crippen molar-refractivity contribution in [1.29, 1.82) is 0 Å². The average molecular weight is 602 g/mol. The summed E-state index contributed by atoms with van der Waals surface area (Å²) in [7, 11) is -6.09. The first kappa shape index (κ1) is 30.5. The first-order chi connectivity index (χ1) is 19.0. The first-order valence-electron chi connectivity index (χ1n) is 12.7. The van der Waals surface area contributed by atoms with Gasteiger partial charge in [-0.2, -0.15) is 4.58 Å². The third kappa shape index (κ3) is 6.10. The quantitative estimate of drug-likeness (QED) is 0.238. The molecule has 41 heavy (non-hydrogen) atoms. The van der Waals surface area contributed by atoms with Crippen molar-refractivity contribution in [2.24, 2.45) is 0 Å². The lowest BCUT2D eigenvalue weighted by molar-refractivity contribution is -0.416.